The number of hydrogen-bond acceptors (Lipinski definition) is 3. The van der Waals surface area contributed by atoms with Gasteiger partial charge in [-0.25, -0.2) is 0 Å². The summed E-state index contributed by atoms with van der Waals surface area (Å²) >= 11 is 0. The zero-order valence-electron chi connectivity index (χ0n) is 14.3. The van der Waals surface area contributed by atoms with E-state index >= 15 is 0 Å². The minimum Gasteiger partial charge on any atom is -0.481 e. The van der Waals surface area contributed by atoms with Crippen molar-refractivity contribution in [2.45, 2.75) is 45.2 Å². The lowest BCUT2D eigenvalue weighted by atomic mass is 10.0. The molecule has 2 fully saturated rings. The molecule has 0 saturated carbocycles. The Balaban J connectivity index is 1.52. The second-order valence-corrected chi connectivity index (χ2v) is 6.97. The molecule has 3 rings (SSSR count). The van der Waals surface area contributed by atoms with Crippen molar-refractivity contribution >= 4 is 11.9 Å². The molecule has 0 aromatic heterocycles. The first-order valence-electron chi connectivity index (χ1n) is 8.89. The minimum atomic E-state index is -0.848. The lowest BCUT2D eigenvalue weighted by Crippen LogP contribution is -2.45. The predicted molar refractivity (Wildman–Crippen MR) is 91.6 cm³/mol. The molecule has 1 N–H and O–H groups in total. The Morgan fingerprint density at radius 2 is 1.96 bits per heavy atom. The van der Waals surface area contributed by atoms with Gasteiger partial charge in [0.25, 0.3) is 0 Å². The van der Waals surface area contributed by atoms with Gasteiger partial charge >= 0.3 is 5.97 Å². The molecule has 5 heteroatoms. The molecule has 2 saturated heterocycles. The van der Waals surface area contributed by atoms with Gasteiger partial charge in [-0.05, 0) is 30.4 Å². The van der Waals surface area contributed by atoms with Crippen LogP contribution < -0.4 is 0 Å². The standard InChI is InChI=1S/C19H26N2O3/c1-2-14-4-3-5-15(10-14)12-20-8-6-17(7-9-20)21-13-16(19(23)24)11-18(21)22/h3-5,10,16-17H,2,6-9,11-13H2,1H3,(H,23,24). The van der Waals surface area contributed by atoms with Gasteiger partial charge in [0.1, 0.15) is 0 Å². The molecule has 2 aliphatic heterocycles. The molecule has 130 valence electrons. The maximum atomic E-state index is 12.1. The number of carbonyl (C=O) groups is 2. The van der Waals surface area contributed by atoms with E-state index in [0.717, 1.165) is 38.9 Å². The Hall–Kier alpha value is -1.88. The number of benzene rings is 1. The van der Waals surface area contributed by atoms with Gasteiger partial charge in [0.05, 0.1) is 5.92 Å². The van der Waals surface area contributed by atoms with Crippen molar-refractivity contribution in [3.05, 3.63) is 35.4 Å². The number of aliphatic carboxylic acids is 1. The van der Waals surface area contributed by atoms with E-state index in [1.807, 2.05) is 4.90 Å². The van der Waals surface area contributed by atoms with Crippen LogP contribution in [0.1, 0.15) is 37.3 Å². The SMILES string of the molecule is CCc1cccc(CN2CCC(N3CC(C(=O)O)CC3=O)CC2)c1. The van der Waals surface area contributed by atoms with Crippen molar-refractivity contribution in [1.29, 1.82) is 0 Å². The fourth-order valence-corrected chi connectivity index (χ4v) is 3.85. The summed E-state index contributed by atoms with van der Waals surface area (Å²) in [6.07, 6.45) is 3.09. The topological polar surface area (TPSA) is 60.9 Å². The molecule has 1 aromatic carbocycles. The third kappa shape index (κ3) is 3.78. The van der Waals surface area contributed by atoms with Crippen LogP contribution in [0.3, 0.4) is 0 Å². The number of amides is 1. The van der Waals surface area contributed by atoms with E-state index in [2.05, 4.69) is 36.1 Å². The van der Waals surface area contributed by atoms with Gasteiger partial charge < -0.3 is 10.0 Å². The first-order chi connectivity index (χ1) is 11.6. The van der Waals surface area contributed by atoms with E-state index in [0.29, 0.717) is 6.54 Å². The quantitative estimate of drug-likeness (QED) is 0.899. The van der Waals surface area contributed by atoms with Gasteiger partial charge in [-0.3, -0.25) is 14.5 Å². The zero-order valence-corrected chi connectivity index (χ0v) is 14.3. The number of nitrogens with zero attached hydrogens (tertiary/aromatic N) is 2. The fourth-order valence-electron chi connectivity index (χ4n) is 3.85. The zero-order chi connectivity index (χ0) is 17.1. The summed E-state index contributed by atoms with van der Waals surface area (Å²) < 4.78 is 0. The van der Waals surface area contributed by atoms with Crippen molar-refractivity contribution in [2.75, 3.05) is 19.6 Å². The second-order valence-electron chi connectivity index (χ2n) is 6.97. The van der Waals surface area contributed by atoms with E-state index in [9.17, 15) is 9.59 Å². The highest BCUT2D eigenvalue weighted by Crippen LogP contribution is 2.26. The van der Waals surface area contributed by atoms with Gasteiger partial charge in [0, 0.05) is 38.6 Å². The van der Waals surface area contributed by atoms with Crippen LogP contribution in [0.2, 0.25) is 0 Å². The normalized spacial score (nSPS) is 23.0. The van der Waals surface area contributed by atoms with Gasteiger partial charge in [-0.15, -0.1) is 0 Å². The smallest absolute Gasteiger partial charge is 0.308 e. The van der Waals surface area contributed by atoms with Gasteiger partial charge in [-0.1, -0.05) is 31.2 Å². The van der Waals surface area contributed by atoms with Crippen LogP contribution in [-0.2, 0) is 22.6 Å². The van der Waals surface area contributed by atoms with Crippen LogP contribution in [0.4, 0.5) is 0 Å². The van der Waals surface area contributed by atoms with Crippen molar-refractivity contribution in [3.8, 4) is 0 Å². The third-order valence-electron chi connectivity index (χ3n) is 5.31. The van der Waals surface area contributed by atoms with E-state index in [-0.39, 0.29) is 18.4 Å². The van der Waals surface area contributed by atoms with Crippen LogP contribution in [0.15, 0.2) is 24.3 Å². The first-order valence-corrected chi connectivity index (χ1v) is 8.89. The average molecular weight is 330 g/mol. The van der Waals surface area contributed by atoms with Crippen molar-refractivity contribution in [1.82, 2.24) is 9.80 Å². The summed E-state index contributed by atoms with van der Waals surface area (Å²) in [6.45, 7) is 5.43. The van der Waals surface area contributed by atoms with Crippen LogP contribution in [-0.4, -0.2) is 52.5 Å². The fraction of sp³-hybridized carbons (Fsp3) is 0.579. The van der Waals surface area contributed by atoms with Crippen molar-refractivity contribution in [2.24, 2.45) is 5.92 Å². The molecule has 0 aliphatic carbocycles. The van der Waals surface area contributed by atoms with E-state index < -0.39 is 11.9 Å². The van der Waals surface area contributed by atoms with Gasteiger partial charge in [0.2, 0.25) is 5.91 Å². The predicted octanol–water partition coefficient (Wildman–Crippen LogP) is 2.15. The van der Waals surface area contributed by atoms with Crippen LogP contribution in [0.25, 0.3) is 0 Å². The summed E-state index contributed by atoms with van der Waals surface area (Å²) in [5, 5.41) is 9.11. The molecular weight excluding hydrogens is 304 g/mol. The Labute approximate surface area is 143 Å². The summed E-state index contributed by atoms with van der Waals surface area (Å²) in [7, 11) is 0. The highest BCUT2D eigenvalue weighted by atomic mass is 16.4. The number of rotatable bonds is 5. The molecule has 1 unspecified atom stereocenters. The van der Waals surface area contributed by atoms with Crippen molar-refractivity contribution < 1.29 is 14.7 Å². The number of carbonyl (C=O) groups excluding carboxylic acids is 1. The lowest BCUT2D eigenvalue weighted by Gasteiger charge is -2.36. The monoisotopic (exact) mass is 330 g/mol. The average Bonchev–Trinajstić information content (AvgIpc) is 2.98. The minimum absolute atomic E-state index is 0.0106. The molecule has 0 spiro atoms. The molecule has 24 heavy (non-hydrogen) atoms. The Morgan fingerprint density at radius 3 is 2.58 bits per heavy atom. The van der Waals surface area contributed by atoms with E-state index in [1.165, 1.54) is 11.1 Å². The molecular formula is C19H26N2O3. The maximum absolute atomic E-state index is 12.1. The number of hydrogen-bond donors (Lipinski definition) is 1. The Morgan fingerprint density at radius 1 is 1.25 bits per heavy atom. The molecule has 2 heterocycles. The molecule has 1 amide bonds. The lowest BCUT2D eigenvalue weighted by molar-refractivity contribution is -0.141. The molecule has 1 aromatic rings. The van der Waals surface area contributed by atoms with Crippen molar-refractivity contribution in [3.63, 3.8) is 0 Å². The Bertz CT molecular complexity index is 608. The molecule has 2 aliphatic rings. The molecule has 5 nitrogen and oxygen atoms in total. The van der Waals surface area contributed by atoms with Gasteiger partial charge in [0.15, 0.2) is 0 Å². The number of carboxylic acid groups (broad SMARTS) is 1. The van der Waals surface area contributed by atoms with E-state index in [1.54, 1.807) is 0 Å². The van der Waals surface area contributed by atoms with Crippen LogP contribution in [0.5, 0.6) is 0 Å². The third-order valence-corrected chi connectivity index (χ3v) is 5.31. The largest absolute Gasteiger partial charge is 0.481 e. The van der Waals surface area contributed by atoms with Crippen LogP contribution >= 0.6 is 0 Å². The Kier molecular flexibility index (Phi) is 5.19. The summed E-state index contributed by atoms with van der Waals surface area (Å²) in [5.41, 5.74) is 2.71. The number of aryl methyl sites for hydroxylation is 1. The second kappa shape index (κ2) is 7.34. The summed E-state index contributed by atoms with van der Waals surface area (Å²) in [5.74, 6) is -1.36. The molecule has 0 bridgehead atoms. The van der Waals surface area contributed by atoms with Gasteiger partial charge in [-0.2, -0.15) is 0 Å². The summed E-state index contributed by atoms with van der Waals surface area (Å²) in [4.78, 5) is 27.4. The number of carboxylic acids is 1. The maximum Gasteiger partial charge on any atom is 0.308 e. The summed E-state index contributed by atoms with van der Waals surface area (Å²) in [6, 6.07) is 8.93. The molecule has 0 radical (unpaired) electrons. The molecule has 1 atom stereocenters. The number of piperidine rings is 1. The van der Waals surface area contributed by atoms with E-state index in [4.69, 9.17) is 5.11 Å². The highest BCUT2D eigenvalue weighted by Gasteiger charge is 2.38. The highest BCUT2D eigenvalue weighted by molar-refractivity contribution is 5.86. The number of likely N-dealkylation sites (tertiary alicyclic amines) is 2. The first kappa shape index (κ1) is 17.0. The van der Waals surface area contributed by atoms with Crippen LogP contribution in [0, 0.1) is 5.92 Å².